The Labute approximate surface area is 326 Å². The summed E-state index contributed by atoms with van der Waals surface area (Å²) < 4.78 is 11.1. The van der Waals surface area contributed by atoms with E-state index >= 15 is 0 Å². The molecule has 6 nitrogen and oxygen atoms in total. The van der Waals surface area contributed by atoms with E-state index in [0.717, 1.165) is 93.5 Å². The molecule has 4 aromatic heterocycles. The summed E-state index contributed by atoms with van der Waals surface area (Å²) >= 11 is 0. The predicted octanol–water partition coefficient (Wildman–Crippen LogP) is 13.0. The standard InChI is InChI=1S/C51H31N5O/c1-3-15-32(16-4-1)49-52-50(34-18-13-17-33(31-34)36-24-14-25-40-38-22-9-12-28-45(38)57-48(36)40)54-51(53-49)56-42-26-10-7-21-37(42)39-29-30-44-46(47(39)56)41-23-8-11-27-43(41)55(44)35-19-5-2-6-20-35/h1-31H. The second-order valence-electron chi connectivity index (χ2n) is 14.4. The van der Waals surface area contributed by atoms with E-state index in [1.165, 1.54) is 0 Å². The van der Waals surface area contributed by atoms with Crippen LogP contribution in [0.2, 0.25) is 0 Å². The van der Waals surface area contributed by atoms with Crippen LogP contribution >= 0.6 is 0 Å². The molecule has 266 valence electrons. The first-order chi connectivity index (χ1) is 28.3. The van der Waals surface area contributed by atoms with E-state index in [9.17, 15) is 0 Å². The zero-order chi connectivity index (χ0) is 37.5. The van der Waals surface area contributed by atoms with Gasteiger partial charge in [-0.1, -0.05) is 146 Å². The molecule has 12 aromatic rings. The lowest BCUT2D eigenvalue weighted by molar-refractivity contribution is 0.670. The van der Waals surface area contributed by atoms with Crippen molar-refractivity contribution in [2.45, 2.75) is 0 Å². The molecule has 0 spiro atoms. The number of fused-ring (bicyclic) bond motifs is 10. The van der Waals surface area contributed by atoms with E-state index in [1.54, 1.807) is 0 Å². The Morgan fingerprint density at radius 1 is 0.386 bits per heavy atom. The quantitative estimate of drug-likeness (QED) is 0.177. The van der Waals surface area contributed by atoms with Gasteiger partial charge in [-0.05, 0) is 48.0 Å². The molecule has 0 saturated carbocycles. The van der Waals surface area contributed by atoms with E-state index in [0.29, 0.717) is 17.6 Å². The highest BCUT2D eigenvalue weighted by atomic mass is 16.3. The minimum Gasteiger partial charge on any atom is -0.455 e. The lowest BCUT2D eigenvalue weighted by Crippen LogP contribution is -2.06. The van der Waals surface area contributed by atoms with Crippen LogP contribution in [-0.2, 0) is 0 Å². The largest absolute Gasteiger partial charge is 0.455 e. The lowest BCUT2D eigenvalue weighted by Gasteiger charge is -2.12. The van der Waals surface area contributed by atoms with Gasteiger partial charge in [-0.25, -0.2) is 4.98 Å². The Balaban J connectivity index is 1.14. The molecule has 0 fully saturated rings. The molecule has 0 bridgehead atoms. The fraction of sp³-hybridized carbons (Fsp3) is 0. The smallest absolute Gasteiger partial charge is 0.238 e. The van der Waals surface area contributed by atoms with Crippen LogP contribution in [0.1, 0.15) is 0 Å². The van der Waals surface area contributed by atoms with Crippen LogP contribution in [0.3, 0.4) is 0 Å². The maximum Gasteiger partial charge on any atom is 0.238 e. The molecule has 57 heavy (non-hydrogen) atoms. The van der Waals surface area contributed by atoms with Crippen molar-refractivity contribution in [2.24, 2.45) is 0 Å². The van der Waals surface area contributed by atoms with E-state index in [1.807, 2.05) is 30.3 Å². The highest BCUT2D eigenvalue weighted by Crippen LogP contribution is 2.42. The number of para-hydroxylation sites is 5. The Bertz CT molecular complexity index is 3520. The molecule has 0 aliphatic heterocycles. The van der Waals surface area contributed by atoms with Crippen LogP contribution in [0.4, 0.5) is 0 Å². The van der Waals surface area contributed by atoms with Gasteiger partial charge in [0.15, 0.2) is 11.6 Å². The monoisotopic (exact) mass is 729 g/mol. The van der Waals surface area contributed by atoms with Crippen molar-refractivity contribution in [3.05, 3.63) is 188 Å². The summed E-state index contributed by atoms with van der Waals surface area (Å²) in [5.74, 6) is 1.74. The van der Waals surface area contributed by atoms with Gasteiger partial charge < -0.3 is 8.98 Å². The Hall–Kier alpha value is -7.83. The summed E-state index contributed by atoms with van der Waals surface area (Å²) in [7, 11) is 0. The first kappa shape index (κ1) is 31.5. The van der Waals surface area contributed by atoms with Crippen LogP contribution in [-0.4, -0.2) is 24.1 Å². The molecule has 0 radical (unpaired) electrons. The molecule has 6 heteroatoms. The van der Waals surface area contributed by atoms with Gasteiger partial charge in [0.05, 0.1) is 22.1 Å². The fourth-order valence-electron chi connectivity index (χ4n) is 8.68. The molecule has 0 amide bonds. The number of hydrogen-bond donors (Lipinski definition) is 0. The van der Waals surface area contributed by atoms with Gasteiger partial charge in [0.2, 0.25) is 5.95 Å². The number of benzene rings is 8. The lowest BCUT2D eigenvalue weighted by atomic mass is 10.0. The van der Waals surface area contributed by atoms with Gasteiger partial charge in [0.25, 0.3) is 0 Å². The zero-order valence-corrected chi connectivity index (χ0v) is 30.5. The molecule has 8 aromatic carbocycles. The Morgan fingerprint density at radius 3 is 1.82 bits per heavy atom. The molecular weight excluding hydrogens is 699 g/mol. The average molecular weight is 730 g/mol. The molecule has 0 saturated heterocycles. The van der Waals surface area contributed by atoms with E-state index in [2.05, 4.69) is 167 Å². The summed E-state index contributed by atoms with van der Waals surface area (Å²) in [6.07, 6.45) is 0. The van der Waals surface area contributed by atoms with Gasteiger partial charge in [0.1, 0.15) is 11.2 Å². The fourth-order valence-corrected chi connectivity index (χ4v) is 8.68. The molecule has 0 unspecified atom stereocenters. The number of furan rings is 1. The number of aromatic nitrogens is 5. The van der Waals surface area contributed by atoms with Crippen molar-refractivity contribution >= 4 is 65.6 Å². The van der Waals surface area contributed by atoms with Crippen molar-refractivity contribution in [1.82, 2.24) is 24.1 Å². The van der Waals surface area contributed by atoms with Crippen molar-refractivity contribution < 1.29 is 4.42 Å². The predicted molar refractivity (Wildman–Crippen MR) is 232 cm³/mol. The molecule has 0 atom stereocenters. The number of hydrogen-bond acceptors (Lipinski definition) is 4. The molecular formula is C51H31N5O. The van der Waals surface area contributed by atoms with Crippen molar-refractivity contribution in [1.29, 1.82) is 0 Å². The van der Waals surface area contributed by atoms with Crippen LogP contribution < -0.4 is 0 Å². The van der Waals surface area contributed by atoms with Crippen LogP contribution in [0.5, 0.6) is 0 Å². The summed E-state index contributed by atoms with van der Waals surface area (Å²) in [6.45, 7) is 0. The van der Waals surface area contributed by atoms with Crippen molar-refractivity contribution in [3.8, 4) is 45.5 Å². The number of nitrogens with zero attached hydrogens (tertiary/aromatic N) is 5. The van der Waals surface area contributed by atoms with E-state index in [-0.39, 0.29) is 0 Å². The van der Waals surface area contributed by atoms with E-state index in [4.69, 9.17) is 19.4 Å². The maximum atomic E-state index is 6.46. The van der Waals surface area contributed by atoms with Gasteiger partial charge in [-0.15, -0.1) is 0 Å². The normalized spacial score (nSPS) is 11.9. The highest BCUT2D eigenvalue weighted by molar-refractivity contribution is 6.26. The van der Waals surface area contributed by atoms with Gasteiger partial charge in [-0.3, -0.25) is 4.57 Å². The summed E-state index contributed by atoms with van der Waals surface area (Å²) in [5, 5.41) is 6.78. The second-order valence-corrected chi connectivity index (χ2v) is 14.4. The average Bonchev–Trinajstić information content (AvgIpc) is 3.95. The third kappa shape index (κ3) is 4.81. The Kier molecular flexibility index (Phi) is 6.83. The van der Waals surface area contributed by atoms with Gasteiger partial charge >= 0.3 is 0 Å². The zero-order valence-electron chi connectivity index (χ0n) is 30.5. The minimum absolute atomic E-state index is 0.555. The highest BCUT2D eigenvalue weighted by Gasteiger charge is 2.23. The SMILES string of the molecule is c1ccc(-c2nc(-c3cccc(-c4cccc5c4oc4ccccc45)c3)nc(-n3c4ccccc4c4ccc5c(c6ccccc6n5-c5ccccc5)c43)n2)cc1. The molecule has 4 heterocycles. The third-order valence-electron chi connectivity index (χ3n) is 11.2. The van der Waals surface area contributed by atoms with Crippen molar-refractivity contribution in [2.75, 3.05) is 0 Å². The molecule has 0 aliphatic rings. The first-order valence-corrected chi connectivity index (χ1v) is 19.1. The second kappa shape index (κ2) is 12.3. The maximum absolute atomic E-state index is 6.46. The topological polar surface area (TPSA) is 61.7 Å². The first-order valence-electron chi connectivity index (χ1n) is 19.1. The van der Waals surface area contributed by atoms with E-state index < -0.39 is 0 Å². The number of rotatable bonds is 5. The molecule has 0 aliphatic carbocycles. The van der Waals surface area contributed by atoms with Crippen LogP contribution in [0.15, 0.2) is 192 Å². The summed E-state index contributed by atoms with van der Waals surface area (Å²) in [6, 6.07) is 65.4. The van der Waals surface area contributed by atoms with Gasteiger partial charge in [0, 0.05) is 54.7 Å². The summed E-state index contributed by atoms with van der Waals surface area (Å²) in [4.78, 5) is 15.8. The van der Waals surface area contributed by atoms with Crippen LogP contribution in [0.25, 0.3) is 111 Å². The van der Waals surface area contributed by atoms with Crippen molar-refractivity contribution in [3.63, 3.8) is 0 Å². The summed E-state index contributed by atoms with van der Waals surface area (Å²) in [5.41, 5.74) is 11.0. The molecule has 12 rings (SSSR count). The third-order valence-corrected chi connectivity index (χ3v) is 11.2. The Morgan fingerprint density at radius 2 is 1.00 bits per heavy atom. The van der Waals surface area contributed by atoms with Crippen LogP contribution in [0, 0.1) is 0 Å². The van der Waals surface area contributed by atoms with Gasteiger partial charge in [-0.2, -0.15) is 9.97 Å². The molecule has 0 N–H and O–H groups in total. The minimum atomic E-state index is 0.555.